The highest BCUT2D eigenvalue weighted by Gasteiger charge is 2.16. The summed E-state index contributed by atoms with van der Waals surface area (Å²) < 4.78 is 12.5. The lowest BCUT2D eigenvalue weighted by Crippen LogP contribution is -2.13. The predicted octanol–water partition coefficient (Wildman–Crippen LogP) is 3.12. The van der Waals surface area contributed by atoms with Crippen LogP contribution >= 0.6 is 24.4 Å². The first-order valence-corrected chi connectivity index (χ1v) is 8.07. The van der Waals surface area contributed by atoms with Gasteiger partial charge in [0.15, 0.2) is 0 Å². The lowest BCUT2D eigenvalue weighted by atomic mass is 10.1. The van der Waals surface area contributed by atoms with Crippen molar-refractivity contribution in [2.45, 2.75) is 13.5 Å². The van der Waals surface area contributed by atoms with Gasteiger partial charge < -0.3 is 13.4 Å². The van der Waals surface area contributed by atoms with Crippen LogP contribution in [0.25, 0.3) is 22.4 Å². The Hall–Kier alpha value is -2.85. The molecule has 0 bridgehead atoms. The largest absolute Gasteiger partial charge is 0.412 e. The van der Waals surface area contributed by atoms with Crippen LogP contribution in [0.2, 0.25) is 0 Å². The number of benzene rings is 1. The Morgan fingerprint density at radius 3 is 2.60 bits per heavy atom. The molecule has 3 heterocycles. The number of aryl methyl sites for hydroxylation is 1. The van der Waals surface area contributed by atoms with E-state index in [1.54, 1.807) is 6.20 Å². The van der Waals surface area contributed by atoms with Gasteiger partial charge in [0.05, 0.1) is 5.52 Å². The highest BCUT2D eigenvalue weighted by Crippen LogP contribution is 2.20. The fourth-order valence-corrected chi connectivity index (χ4v) is 2.88. The van der Waals surface area contributed by atoms with Crippen molar-refractivity contribution in [1.29, 1.82) is 0 Å². The number of aromatic amines is 2. The summed E-state index contributed by atoms with van der Waals surface area (Å²) in [7, 11) is 0. The second-order valence-electron chi connectivity index (χ2n) is 5.45. The second kappa shape index (κ2) is 5.90. The van der Waals surface area contributed by atoms with Gasteiger partial charge in [-0.15, -0.1) is 10.2 Å². The predicted molar refractivity (Wildman–Crippen MR) is 94.4 cm³/mol. The monoisotopic (exact) mass is 373 g/mol. The van der Waals surface area contributed by atoms with E-state index in [2.05, 4.69) is 20.4 Å². The minimum absolute atomic E-state index is 0.100. The average Bonchev–Trinajstić information content (AvgIpc) is 3.18. The van der Waals surface area contributed by atoms with Gasteiger partial charge in [0.25, 0.3) is 15.6 Å². The number of pyridine rings is 1. The van der Waals surface area contributed by atoms with Crippen LogP contribution in [0.4, 0.5) is 0 Å². The van der Waals surface area contributed by atoms with Crippen molar-refractivity contribution in [1.82, 2.24) is 25.0 Å². The fourth-order valence-electron chi connectivity index (χ4n) is 2.61. The Bertz CT molecular complexity index is 1260. The van der Waals surface area contributed by atoms with Crippen LogP contribution in [-0.2, 0) is 6.54 Å². The zero-order valence-electron chi connectivity index (χ0n) is 12.9. The summed E-state index contributed by atoms with van der Waals surface area (Å²) in [5.41, 5.74) is 1.80. The van der Waals surface area contributed by atoms with Crippen molar-refractivity contribution in [2.24, 2.45) is 0 Å². The molecule has 0 saturated heterocycles. The summed E-state index contributed by atoms with van der Waals surface area (Å²) in [5.74, 6) is 0.527. The molecule has 3 aromatic heterocycles. The standard InChI is InChI=1S/C15H11N5O3S2/c1-7-2-3-10-8(4-7)12(21)9(13-17-19-15(25)23-13)5-20(10)6-11-16-18-14(24)22-11/h2-5H,6H2,1H3,(H,18,24)(H,19,25). The van der Waals surface area contributed by atoms with Gasteiger partial charge in [0, 0.05) is 11.6 Å². The van der Waals surface area contributed by atoms with Crippen LogP contribution in [0.5, 0.6) is 0 Å². The zero-order chi connectivity index (χ0) is 17.6. The molecule has 0 unspecified atom stereocenters. The first-order valence-electron chi connectivity index (χ1n) is 7.25. The van der Waals surface area contributed by atoms with Crippen molar-refractivity contribution in [3.63, 3.8) is 0 Å². The molecule has 0 fully saturated rings. The van der Waals surface area contributed by atoms with Gasteiger partial charge in [-0.05, 0) is 43.5 Å². The molecule has 4 rings (SSSR count). The van der Waals surface area contributed by atoms with Crippen molar-refractivity contribution in [3.05, 3.63) is 55.7 Å². The van der Waals surface area contributed by atoms with E-state index < -0.39 is 0 Å². The maximum Gasteiger partial charge on any atom is 0.284 e. The molecule has 0 aliphatic heterocycles. The topological polar surface area (TPSA) is 106 Å². The van der Waals surface area contributed by atoms with E-state index in [-0.39, 0.29) is 27.5 Å². The summed E-state index contributed by atoms with van der Waals surface area (Å²) in [4.78, 5) is 13.2. The smallest absolute Gasteiger partial charge is 0.284 e. The minimum Gasteiger partial charge on any atom is -0.412 e. The Labute approximate surface area is 150 Å². The third-order valence-electron chi connectivity index (χ3n) is 3.69. The van der Waals surface area contributed by atoms with Crippen LogP contribution in [0, 0.1) is 16.6 Å². The second-order valence-corrected chi connectivity index (χ2v) is 6.19. The molecule has 0 saturated carbocycles. The molecule has 0 amide bonds. The van der Waals surface area contributed by atoms with Crippen LogP contribution in [-0.4, -0.2) is 25.0 Å². The lowest BCUT2D eigenvalue weighted by Gasteiger charge is -2.11. The summed E-state index contributed by atoms with van der Waals surface area (Å²) in [5, 5.41) is 13.6. The van der Waals surface area contributed by atoms with E-state index in [0.29, 0.717) is 16.8 Å². The Morgan fingerprint density at radius 2 is 1.92 bits per heavy atom. The third kappa shape index (κ3) is 2.85. The van der Waals surface area contributed by atoms with Gasteiger partial charge in [0.1, 0.15) is 12.1 Å². The number of aromatic nitrogens is 5. The van der Waals surface area contributed by atoms with Crippen molar-refractivity contribution < 1.29 is 8.83 Å². The Morgan fingerprint density at radius 1 is 1.16 bits per heavy atom. The molecule has 0 aliphatic rings. The zero-order valence-corrected chi connectivity index (χ0v) is 14.5. The van der Waals surface area contributed by atoms with E-state index in [1.165, 1.54) is 0 Å². The van der Waals surface area contributed by atoms with E-state index >= 15 is 0 Å². The number of nitrogens with one attached hydrogen (secondary N) is 2. The molecular weight excluding hydrogens is 362 g/mol. The highest BCUT2D eigenvalue weighted by molar-refractivity contribution is 7.71. The maximum absolute atomic E-state index is 12.9. The van der Waals surface area contributed by atoms with E-state index in [9.17, 15) is 4.79 Å². The average molecular weight is 373 g/mol. The molecule has 10 heteroatoms. The maximum atomic E-state index is 12.9. The highest BCUT2D eigenvalue weighted by atomic mass is 32.1. The molecular formula is C15H11N5O3S2. The molecule has 25 heavy (non-hydrogen) atoms. The van der Waals surface area contributed by atoms with Crippen LogP contribution in [0.1, 0.15) is 11.5 Å². The molecule has 126 valence electrons. The SMILES string of the molecule is Cc1ccc2c(c1)c(=O)c(-c1n[nH]c(=S)o1)cn2Cc1n[nH]c(=S)o1. The van der Waals surface area contributed by atoms with E-state index in [1.807, 2.05) is 29.7 Å². The number of nitrogens with zero attached hydrogens (tertiary/aromatic N) is 3. The van der Waals surface area contributed by atoms with E-state index in [4.69, 9.17) is 33.3 Å². The first-order chi connectivity index (χ1) is 12.0. The van der Waals surface area contributed by atoms with Crippen molar-refractivity contribution in [2.75, 3.05) is 0 Å². The van der Waals surface area contributed by atoms with Gasteiger partial charge in [0.2, 0.25) is 11.3 Å². The van der Waals surface area contributed by atoms with Crippen molar-refractivity contribution >= 4 is 35.3 Å². The number of fused-ring (bicyclic) bond motifs is 1. The van der Waals surface area contributed by atoms with Gasteiger partial charge in [-0.1, -0.05) is 11.6 Å². The molecule has 0 radical (unpaired) electrons. The summed E-state index contributed by atoms with van der Waals surface area (Å²) in [6, 6.07) is 5.62. The van der Waals surface area contributed by atoms with Gasteiger partial charge >= 0.3 is 0 Å². The number of rotatable bonds is 3. The summed E-state index contributed by atoms with van der Waals surface area (Å²) in [6.45, 7) is 2.20. The van der Waals surface area contributed by atoms with Gasteiger partial charge in [-0.2, -0.15) is 0 Å². The molecule has 0 spiro atoms. The van der Waals surface area contributed by atoms with Gasteiger partial charge in [-0.3, -0.25) is 4.79 Å². The molecule has 8 nitrogen and oxygen atoms in total. The summed E-state index contributed by atoms with van der Waals surface area (Å²) >= 11 is 9.80. The molecule has 0 atom stereocenters. The minimum atomic E-state index is -0.192. The first kappa shape index (κ1) is 15.7. The molecule has 0 aliphatic carbocycles. The molecule has 2 N–H and O–H groups in total. The van der Waals surface area contributed by atoms with E-state index in [0.717, 1.165) is 11.1 Å². The fraction of sp³-hybridized carbons (Fsp3) is 0.133. The number of hydrogen-bond acceptors (Lipinski definition) is 7. The Kier molecular flexibility index (Phi) is 3.70. The Balaban J connectivity index is 2.00. The number of H-pyrrole nitrogens is 2. The lowest BCUT2D eigenvalue weighted by molar-refractivity contribution is 0.468. The normalized spacial score (nSPS) is 11.2. The summed E-state index contributed by atoms with van der Waals surface area (Å²) in [6.07, 6.45) is 1.64. The van der Waals surface area contributed by atoms with Crippen LogP contribution < -0.4 is 5.43 Å². The molecule has 4 aromatic rings. The van der Waals surface area contributed by atoms with Crippen molar-refractivity contribution in [3.8, 4) is 11.5 Å². The van der Waals surface area contributed by atoms with Crippen LogP contribution in [0.15, 0.2) is 38.0 Å². The third-order valence-corrected chi connectivity index (χ3v) is 4.04. The molecule has 1 aromatic carbocycles. The van der Waals surface area contributed by atoms with Gasteiger partial charge in [-0.25, -0.2) is 10.2 Å². The number of hydrogen-bond donors (Lipinski definition) is 2. The van der Waals surface area contributed by atoms with Crippen LogP contribution in [0.3, 0.4) is 0 Å². The quantitative estimate of drug-likeness (QED) is 0.532.